The Labute approximate surface area is 121 Å². The van der Waals surface area contributed by atoms with Gasteiger partial charge in [-0.2, -0.15) is 0 Å². The van der Waals surface area contributed by atoms with Crippen LogP contribution >= 0.6 is 11.3 Å². The molecule has 1 amide bonds. The molecule has 104 valence electrons. The molecule has 0 saturated heterocycles. The molecular formula is C15H16N2O2S. The molecule has 1 aromatic heterocycles. The van der Waals surface area contributed by atoms with Crippen LogP contribution in [0.3, 0.4) is 0 Å². The van der Waals surface area contributed by atoms with Gasteiger partial charge in [-0.05, 0) is 44.0 Å². The number of benzene rings is 1. The maximum atomic E-state index is 11.8. The standard InChI is InChI=1S/C15H16N2O2S/c1-10-9-20-14(16-10)8-19-13-6-2-11(3-7-13)15(18)17-12-4-5-12/h2-3,6-7,9,12H,4-5,8H2,1H3,(H,17,18). The van der Waals surface area contributed by atoms with Gasteiger partial charge in [-0.25, -0.2) is 4.98 Å². The zero-order valence-corrected chi connectivity index (χ0v) is 12.1. The number of thiazole rings is 1. The Balaban J connectivity index is 1.56. The summed E-state index contributed by atoms with van der Waals surface area (Å²) in [4.78, 5) is 16.2. The molecule has 0 aliphatic heterocycles. The van der Waals surface area contributed by atoms with Gasteiger partial charge in [0.25, 0.3) is 5.91 Å². The summed E-state index contributed by atoms with van der Waals surface area (Å²) >= 11 is 1.59. The molecular weight excluding hydrogens is 272 g/mol. The Hall–Kier alpha value is -1.88. The minimum atomic E-state index is -0.00500. The third-order valence-electron chi connectivity index (χ3n) is 3.06. The molecule has 1 aromatic carbocycles. The number of nitrogens with one attached hydrogen (secondary N) is 1. The van der Waals surface area contributed by atoms with E-state index in [-0.39, 0.29) is 5.91 Å². The van der Waals surface area contributed by atoms with Gasteiger partial charge in [0, 0.05) is 22.7 Å². The minimum absolute atomic E-state index is 0.00500. The number of ether oxygens (including phenoxy) is 1. The number of rotatable bonds is 5. The van der Waals surface area contributed by atoms with Crippen molar-refractivity contribution >= 4 is 17.2 Å². The number of carbonyl (C=O) groups excluding carboxylic acids is 1. The predicted octanol–water partition coefficient (Wildman–Crippen LogP) is 2.92. The fourth-order valence-corrected chi connectivity index (χ4v) is 2.50. The van der Waals surface area contributed by atoms with Crippen LogP contribution in [0.5, 0.6) is 5.75 Å². The van der Waals surface area contributed by atoms with Crippen LogP contribution in [0, 0.1) is 6.92 Å². The lowest BCUT2D eigenvalue weighted by Gasteiger charge is -2.06. The van der Waals surface area contributed by atoms with E-state index in [9.17, 15) is 4.79 Å². The average molecular weight is 288 g/mol. The molecule has 5 heteroatoms. The summed E-state index contributed by atoms with van der Waals surface area (Å²) in [7, 11) is 0. The van der Waals surface area contributed by atoms with Crippen molar-refractivity contribution in [3.05, 3.63) is 45.9 Å². The molecule has 3 rings (SSSR count). The van der Waals surface area contributed by atoms with E-state index in [2.05, 4.69) is 10.3 Å². The molecule has 1 N–H and O–H groups in total. The number of hydrogen-bond donors (Lipinski definition) is 1. The van der Waals surface area contributed by atoms with Crippen molar-refractivity contribution in [3.8, 4) is 5.75 Å². The first-order valence-corrected chi connectivity index (χ1v) is 7.53. The van der Waals surface area contributed by atoms with Gasteiger partial charge in [-0.1, -0.05) is 0 Å². The molecule has 1 heterocycles. The third kappa shape index (κ3) is 3.36. The average Bonchev–Trinajstić information content (AvgIpc) is 3.17. The Kier molecular flexibility index (Phi) is 3.69. The van der Waals surface area contributed by atoms with E-state index in [1.807, 2.05) is 24.4 Å². The highest BCUT2D eigenvalue weighted by atomic mass is 32.1. The number of aryl methyl sites for hydroxylation is 1. The second-order valence-corrected chi connectivity index (χ2v) is 5.89. The molecule has 0 spiro atoms. The molecule has 1 saturated carbocycles. The topological polar surface area (TPSA) is 51.2 Å². The van der Waals surface area contributed by atoms with Crippen LogP contribution in [0.25, 0.3) is 0 Å². The van der Waals surface area contributed by atoms with Gasteiger partial charge in [-0.3, -0.25) is 4.79 Å². The molecule has 2 aromatic rings. The molecule has 1 fully saturated rings. The predicted molar refractivity (Wildman–Crippen MR) is 78.1 cm³/mol. The molecule has 20 heavy (non-hydrogen) atoms. The fourth-order valence-electron chi connectivity index (χ4n) is 1.81. The lowest BCUT2D eigenvalue weighted by molar-refractivity contribution is 0.0951. The number of aromatic nitrogens is 1. The number of hydrogen-bond acceptors (Lipinski definition) is 4. The second-order valence-electron chi connectivity index (χ2n) is 4.94. The van der Waals surface area contributed by atoms with Crippen LogP contribution in [0.4, 0.5) is 0 Å². The van der Waals surface area contributed by atoms with Crippen molar-refractivity contribution in [1.29, 1.82) is 0 Å². The highest BCUT2D eigenvalue weighted by molar-refractivity contribution is 7.09. The lowest BCUT2D eigenvalue weighted by atomic mass is 10.2. The van der Waals surface area contributed by atoms with Crippen molar-refractivity contribution < 1.29 is 9.53 Å². The van der Waals surface area contributed by atoms with Crippen LogP contribution in [0.2, 0.25) is 0 Å². The van der Waals surface area contributed by atoms with Crippen LogP contribution < -0.4 is 10.1 Å². The molecule has 1 aliphatic rings. The Morgan fingerprint density at radius 1 is 1.40 bits per heavy atom. The lowest BCUT2D eigenvalue weighted by Crippen LogP contribution is -2.25. The quantitative estimate of drug-likeness (QED) is 0.920. The van der Waals surface area contributed by atoms with Crippen molar-refractivity contribution in [2.24, 2.45) is 0 Å². The first-order chi connectivity index (χ1) is 9.70. The van der Waals surface area contributed by atoms with Crippen LogP contribution in [0.1, 0.15) is 33.9 Å². The summed E-state index contributed by atoms with van der Waals surface area (Å²) in [6, 6.07) is 7.61. The van der Waals surface area contributed by atoms with Crippen molar-refractivity contribution in [3.63, 3.8) is 0 Å². The summed E-state index contributed by atoms with van der Waals surface area (Å²) in [5.41, 5.74) is 1.69. The van der Waals surface area contributed by atoms with Gasteiger partial charge >= 0.3 is 0 Å². The Morgan fingerprint density at radius 3 is 2.75 bits per heavy atom. The van der Waals surface area contributed by atoms with Crippen LogP contribution in [-0.4, -0.2) is 16.9 Å². The monoisotopic (exact) mass is 288 g/mol. The fraction of sp³-hybridized carbons (Fsp3) is 0.333. The summed E-state index contributed by atoms with van der Waals surface area (Å²) in [6.07, 6.45) is 2.19. The highest BCUT2D eigenvalue weighted by Gasteiger charge is 2.23. The molecule has 0 bridgehead atoms. The second kappa shape index (κ2) is 5.63. The highest BCUT2D eigenvalue weighted by Crippen LogP contribution is 2.20. The Bertz CT molecular complexity index is 603. The summed E-state index contributed by atoms with van der Waals surface area (Å²) in [6.45, 7) is 2.43. The zero-order valence-electron chi connectivity index (χ0n) is 11.3. The number of amides is 1. The van der Waals surface area contributed by atoms with Gasteiger partial charge in [0.15, 0.2) is 0 Å². The van der Waals surface area contributed by atoms with E-state index in [0.29, 0.717) is 18.2 Å². The molecule has 1 aliphatic carbocycles. The van der Waals surface area contributed by atoms with Crippen LogP contribution in [0.15, 0.2) is 29.6 Å². The maximum absolute atomic E-state index is 11.8. The first-order valence-electron chi connectivity index (χ1n) is 6.65. The summed E-state index contributed by atoms with van der Waals surface area (Å²) in [5, 5.41) is 5.92. The van der Waals surface area contributed by atoms with E-state index in [4.69, 9.17) is 4.74 Å². The molecule has 4 nitrogen and oxygen atoms in total. The number of carbonyl (C=O) groups is 1. The van der Waals surface area contributed by atoms with E-state index in [1.165, 1.54) is 0 Å². The summed E-state index contributed by atoms with van der Waals surface area (Å²) < 4.78 is 5.65. The van der Waals surface area contributed by atoms with Gasteiger partial charge < -0.3 is 10.1 Å². The first kappa shape index (κ1) is 13.1. The minimum Gasteiger partial charge on any atom is -0.486 e. The SMILES string of the molecule is Cc1csc(COc2ccc(C(=O)NC3CC3)cc2)n1. The molecule has 0 radical (unpaired) electrons. The van der Waals surface area contributed by atoms with Crippen molar-refractivity contribution in [2.45, 2.75) is 32.4 Å². The zero-order chi connectivity index (χ0) is 13.9. The normalized spacial score (nSPS) is 14.1. The maximum Gasteiger partial charge on any atom is 0.251 e. The van der Waals surface area contributed by atoms with Gasteiger partial charge in [0.2, 0.25) is 0 Å². The van der Waals surface area contributed by atoms with Crippen molar-refractivity contribution in [2.75, 3.05) is 0 Å². The van der Waals surface area contributed by atoms with Crippen molar-refractivity contribution in [1.82, 2.24) is 10.3 Å². The van der Waals surface area contributed by atoms with Gasteiger partial charge in [0.05, 0.1) is 0 Å². The molecule has 0 unspecified atom stereocenters. The van der Waals surface area contributed by atoms with Crippen LogP contribution in [-0.2, 0) is 6.61 Å². The van der Waals surface area contributed by atoms with Gasteiger partial charge in [0.1, 0.15) is 17.4 Å². The number of nitrogens with zero attached hydrogens (tertiary/aromatic N) is 1. The van der Waals surface area contributed by atoms with E-state index >= 15 is 0 Å². The largest absolute Gasteiger partial charge is 0.486 e. The van der Waals surface area contributed by atoms with E-state index in [1.54, 1.807) is 23.5 Å². The molecule has 0 atom stereocenters. The van der Waals surface area contributed by atoms with Gasteiger partial charge in [-0.15, -0.1) is 11.3 Å². The third-order valence-corrected chi connectivity index (χ3v) is 4.00. The van der Waals surface area contributed by atoms with E-state index in [0.717, 1.165) is 29.3 Å². The summed E-state index contributed by atoms with van der Waals surface area (Å²) in [5.74, 6) is 0.746. The van der Waals surface area contributed by atoms with E-state index < -0.39 is 0 Å². The Morgan fingerprint density at radius 2 is 2.15 bits per heavy atom. The smallest absolute Gasteiger partial charge is 0.251 e.